The van der Waals surface area contributed by atoms with Crippen molar-refractivity contribution in [3.8, 4) is 11.5 Å². The van der Waals surface area contributed by atoms with Gasteiger partial charge in [0.25, 0.3) is 5.91 Å². The summed E-state index contributed by atoms with van der Waals surface area (Å²) in [7, 11) is 1.48. The second-order valence-corrected chi connectivity index (χ2v) is 7.93. The summed E-state index contributed by atoms with van der Waals surface area (Å²) in [6.45, 7) is 2.72. The average Bonchev–Trinajstić information content (AvgIpc) is 2.82. The molecule has 8 heteroatoms. The molecule has 0 bridgehead atoms. The molecule has 0 aliphatic heterocycles. The monoisotopic (exact) mass is 450 g/mol. The number of aromatic nitrogens is 1. The van der Waals surface area contributed by atoms with Crippen molar-refractivity contribution in [2.45, 2.75) is 32.0 Å². The number of nitrogens with two attached hydrogens (primary N) is 1. The fourth-order valence-electron chi connectivity index (χ4n) is 3.43. The minimum Gasteiger partial charge on any atom is -0.504 e. The Morgan fingerprint density at radius 3 is 2.70 bits per heavy atom. The molecule has 3 rings (SSSR count). The minimum absolute atomic E-state index is 0.0562. The largest absolute Gasteiger partial charge is 0.504 e. The van der Waals surface area contributed by atoms with Gasteiger partial charge in [0.1, 0.15) is 5.82 Å². The van der Waals surface area contributed by atoms with Gasteiger partial charge in [0.2, 0.25) is 0 Å². The Morgan fingerprint density at radius 1 is 1.15 bits per heavy atom. The first-order chi connectivity index (χ1) is 15.9. The highest BCUT2D eigenvalue weighted by molar-refractivity contribution is 5.94. The van der Waals surface area contributed by atoms with Crippen LogP contribution in [0.1, 0.15) is 40.1 Å². The second kappa shape index (κ2) is 11.3. The Labute approximate surface area is 193 Å². The highest BCUT2D eigenvalue weighted by atomic mass is 16.5. The molecule has 2 aromatic carbocycles. The van der Waals surface area contributed by atoms with Crippen LogP contribution in [-0.2, 0) is 13.0 Å². The molecule has 6 N–H and O–H groups in total. The lowest BCUT2D eigenvalue weighted by Crippen LogP contribution is -2.32. The van der Waals surface area contributed by atoms with E-state index in [1.165, 1.54) is 13.2 Å². The van der Waals surface area contributed by atoms with Crippen molar-refractivity contribution in [3.05, 3.63) is 83.0 Å². The SMILES string of the molecule is COc1cc(CNC(=O)c2cccc(C[C@@H](C)NC[C@@H](O)c3ccc(N)nc3)c2)ccc1O. The van der Waals surface area contributed by atoms with Gasteiger partial charge in [-0.15, -0.1) is 0 Å². The normalized spacial score (nSPS) is 12.7. The Hall–Kier alpha value is -3.62. The molecule has 0 unspecified atom stereocenters. The van der Waals surface area contributed by atoms with Crippen LogP contribution in [0.5, 0.6) is 11.5 Å². The third-order valence-corrected chi connectivity index (χ3v) is 5.28. The van der Waals surface area contributed by atoms with Crippen LogP contribution >= 0.6 is 0 Å². The molecule has 1 aromatic heterocycles. The topological polar surface area (TPSA) is 130 Å². The van der Waals surface area contributed by atoms with Crippen LogP contribution in [0, 0.1) is 0 Å². The second-order valence-electron chi connectivity index (χ2n) is 7.93. The third-order valence-electron chi connectivity index (χ3n) is 5.28. The van der Waals surface area contributed by atoms with Crippen LogP contribution in [0.2, 0.25) is 0 Å². The van der Waals surface area contributed by atoms with E-state index in [1.807, 2.05) is 25.1 Å². The van der Waals surface area contributed by atoms with Gasteiger partial charge in [0, 0.05) is 36.5 Å². The number of ether oxygens (including phenoxy) is 1. The molecule has 33 heavy (non-hydrogen) atoms. The van der Waals surface area contributed by atoms with Crippen molar-refractivity contribution in [1.29, 1.82) is 0 Å². The van der Waals surface area contributed by atoms with Gasteiger partial charge in [-0.3, -0.25) is 4.79 Å². The molecule has 8 nitrogen and oxygen atoms in total. The van der Waals surface area contributed by atoms with Crippen molar-refractivity contribution >= 4 is 11.7 Å². The number of phenols is 1. The van der Waals surface area contributed by atoms with E-state index in [-0.39, 0.29) is 17.7 Å². The number of nitrogens with zero attached hydrogens (tertiary/aromatic N) is 1. The lowest BCUT2D eigenvalue weighted by atomic mass is 10.0. The van der Waals surface area contributed by atoms with E-state index in [2.05, 4.69) is 15.6 Å². The molecule has 1 amide bonds. The van der Waals surface area contributed by atoms with Gasteiger partial charge in [-0.05, 0) is 54.8 Å². The zero-order valence-electron chi connectivity index (χ0n) is 18.8. The molecule has 0 spiro atoms. The molecule has 0 aliphatic carbocycles. The first kappa shape index (κ1) is 24.0. The number of methoxy groups -OCH3 is 1. The predicted octanol–water partition coefficient (Wildman–Crippen LogP) is 2.56. The van der Waals surface area contributed by atoms with E-state index in [1.54, 1.807) is 36.5 Å². The first-order valence-electron chi connectivity index (χ1n) is 10.7. The Kier molecular flexibility index (Phi) is 8.23. The number of nitrogens with one attached hydrogen (secondary N) is 2. The number of carbonyl (C=O) groups is 1. The number of rotatable bonds is 10. The van der Waals surface area contributed by atoms with Crippen molar-refractivity contribution < 1.29 is 19.7 Å². The molecule has 1 heterocycles. The molecule has 0 radical (unpaired) electrons. The number of hydrogen-bond donors (Lipinski definition) is 5. The fraction of sp³-hybridized carbons (Fsp3) is 0.280. The maximum atomic E-state index is 12.6. The van der Waals surface area contributed by atoms with Crippen molar-refractivity contribution in [2.24, 2.45) is 0 Å². The number of amides is 1. The molecular formula is C25H30N4O4. The van der Waals surface area contributed by atoms with Gasteiger partial charge >= 0.3 is 0 Å². The summed E-state index contributed by atoms with van der Waals surface area (Å²) in [6, 6.07) is 15.9. The number of carbonyl (C=O) groups excluding carboxylic acids is 1. The Morgan fingerprint density at radius 2 is 1.97 bits per heavy atom. The molecule has 0 aliphatic rings. The van der Waals surface area contributed by atoms with Crippen molar-refractivity contribution in [3.63, 3.8) is 0 Å². The lowest BCUT2D eigenvalue weighted by Gasteiger charge is -2.18. The zero-order chi connectivity index (χ0) is 23.8. The number of phenolic OH excluding ortho intramolecular Hbond substituents is 1. The third kappa shape index (κ3) is 6.93. The van der Waals surface area contributed by atoms with Crippen LogP contribution in [-0.4, -0.2) is 40.8 Å². The highest BCUT2D eigenvalue weighted by Gasteiger charge is 2.12. The van der Waals surface area contributed by atoms with Crippen LogP contribution in [0.15, 0.2) is 60.8 Å². The number of aliphatic hydroxyl groups is 1. The van der Waals surface area contributed by atoms with Crippen molar-refractivity contribution in [1.82, 2.24) is 15.6 Å². The summed E-state index contributed by atoms with van der Waals surface area (Å²) in [6.07, 6.45) is 1.59. The van der Waals surface area contributed by atoms with E-state index in [4.69, 9.17) is 10.5 Å². The van der Waals surface area contributed by atoms with Crippen molar-refractivity contribution in [2.75, 3.05) is 19.4 Å². The number of hydrogen-bond acceptors (Lipinski definition) is 7. The summed E-state index contributed by atoms with van der Waals surface area (Å²) in [5.41, 5.74) is 8.69. The number of benzene rings is 2. The number of aromatic hydroxyl groups is 1. The molecule has 2 atom stereocenters. The molecule has 174 valence electrons. The maximum absolute atomic E-state index is 12.6. The molecule has 0 saturated heterocycles. The number of aliphatic hydroxyl groups excluding tert-OH is 1. The summed E-state index contributed by atoms with van der Waals surface area (Å²) >= 11 is 0. The van der Waals surface area contributed by atoms with E-state index < -0.39 is 6.10 Å². The van der Waals surface area contributed by atoms with Gasteiger partial charge in [-0.2, -0.15) is 0 Å². The fourth-order valence-corrected chi connectivity index (χ4v) is 3.43. The van der Waals surface area contributed by atoms with Gasteiger partial charge in [-0.1, -0.05) is 24.3 Å². The van der Waals surface area contributed by atoms with Gasteiger partial charge < -0.3 is 31.3 Å². The van der Waals surface area contributed by atoms with Crippen LogP contribution in [0.4, 0.5) is 5.82 Å². The van der Waals surface area contributed by atoms with Gasteiger partial charge in [0.05, 0.1) is 13.2 Å². The zero-order valence-corrected chi connectivity index (χ0v) is 18.8. The minimum atomic E-state index is -0.684. The van der Waals surface area contributed by atoms with E-state index in [0.29, 0.717) is 42.2 Å². The molecule has 0 fully saturated rings. The van der Waals surface area contributed by atoms with Gasteiger partial charge in [0.15, 0.2) is 11.5 Å². The predicted molar refractivity (Wildman–Crippen MR) is 127 cm³/mol. The van der Waals surface area contributed by atoms with E-state index in [9.17, 15) is 15.0 Å². The van der Waals surface area contributed by atoms with Crippen LogP contribution in [0.25, 0.3) is 0 Å². The van der Waals surface area contributed by atoms with Crippen LogP contribution in [0.3, 0.4) is 0 Å². The van der Waals surface area contributed by atoms with E-state index in [0.717, 1.165) is 11.1 Å². The molecular weight excluding hydrogens is 420 g/mol. The number of nitrogen functional groups attached to an aromatic ring is 1. The quantitative estimate of drug-likeness (QED) is 0.321. The summed E-state index contributed by atoms with van der Waals surface area (Å²) < 4.78 is 5.10. The molecule has 0 saturated carbocycles. The number of pyridine rings is 1. The number of anilines is 1. The molecule has 3 aromatic rings. The highest BCUT2D eigenvalue weighted by Crippen LogP contribution is 2.26. The summed E-state index contributed by atoms with van der Waals surface area (Å²) in [5, 5.41) is 26.2. The first-order valence-corrected chi connectivity index (χ1v) is 10.7. The maximum Gasteiger partial charge on any atom is 0.251 e. The average molecular weight is 451 g/mol. The smallest absolute Gasteiger partial charge is 0.251 e. The van der Waals surface area contributed by atoms with Gasteiger partial charge in [-0.25, -0.2) is 4.98 Å². The van der Waals surface area contributed by atoms with E-state index >= 15 is 0 Å². The lowest BCUT2D eigenvalue weighted by molar-refractivity contribution is 0.0950. The van der Waals surface area contributed by atoms with Crippen LogP contribution < -0.4 is 21.1 Å². The Bertz CT molecular complexity index is 1070. The Balaban J connectivity index is 1.52. The standard InChI is InChI=1S/C25H30N4O4/c1-16(27-15-22(31)20-7-9-24(26)28-14-20)10-17-4-3-5-19(11-17)25(32)29-13-18-6-8-21(30)23(12-18)33-2/h3-9,11-12,14,16,22,27,30-31H,10,13,15H2,1-2H3,(H2,26,28)(H,29,32)/t16-,22-/m1/s1. The summed E-state index contributed by atoms with van der Waals surface area (Å²) in [5.74, 6) is 0.651. The summed E-state index contributed by atoms with van der Waals surface area (Å²) in [4.78, 5) is 16.6.